The first-order chi connectivity index (χ1) is 8.54. The van der Waals surface area contributed by atoms with E-state index in [1.54, 1.807) is 18.2 Å². The molecular formula is C13H9FO3S. The van der Waals surface area contributed by atoms with E-state index >= 15 is 0 Å². The van der Waals surface area contributed by atoms with E-state index in [9.17, 15) is 12.8 Å². The molecule has 0 amide bonds. The summed E-state index contributed by atoms with van der Waals surface area (Å²) in [4.78, 5) is 0.00991. The molecule has 0 radical (unpaired) electrons. The molecule has 0 atom stereocenters. The van der Waals surface area contributed by atoms with Crippen molar-refractivity contribution in [2.45, 2.75) is 0 Å². The van der Waals surface area contributed by atoms with Crippen molar-refractivity contribution in [2.75, 3.05) is 7.11 Å². The fourth-order valence-corrected chi connectivity index (χ4v) is 3.11. The van der Waals surface area contributed by atoms with Gasteiger partial charge in [0.15, 0.2) is 0 Å². The van der Waals surface area contributed by atoms with E-state index in [1.807, 2.05) is 6.07 Å². The van der Waals surface area contributed by atoms with Crippen LogP contribution in [0.3, 0.4) is 0 Å². The Morgan fingerprint density at radius 1 is 1.17 bits per heavy atom. The Bertz CT molecular complexity index is 791. The van der Waals surface area contributed by atoms with Crippen molar-refractivity contribution >= 4 is 31.9 Å². The van der Waals surface area contributed by atoms with E-state index in [1.165, 1.54) is 12.1 Å². The van der Waals surface area contributed by atoms with Gasteiger partial charge < -0.3 is 0 Å². The van der Waals surface area contributed by atoms with Gasteiger partial charge in [-0.15, -0.1) is 0 Å². The summed E-state index contributed by atoms with van der Waals surface area (Å²) < 4.78 is 41.9. The number of halogens is 1. The summed E-state index contributed by atoms with van der Waals surface area (Å²) in [6.07, 6.45) is 1.33. The average molecular weight is 264 g/mol. The summed E-state index contributed by atoms with van der Waals surface area (Å²) in [6, 6.07) is 8.18. The predicted octanol–water partition coefficient (Wildman–Crippen LogP) is 2.77. The van der Waals surface area contributed by atoms with Crippen LogP contribution in [-0.2, 0) is 14.3 Å². The number of rotatable bonds is 2. The van der Waals surface area contributed by atoms with Crippen molar-refractivity contribution in [3.05, 3.63) is 47.3 Å². The third kappa shape index (κ3) is 1.41. The third-order valence-corrected chi connectivity index (χ3v) is 4.38. The lowest BCUT2D eigenvalue weighted by Crippen LogP contribution is -2.03. The topological polar surface area (TPSA) is 43.4 Å². The van der Waals surface area contributed by atoms with Crippen molar-refractivity contribution in [2.24, 2.45) is 0 Å². The molecule has 2 aromatic carbocycles. The Labute approximate surface area is 104 Å². The van der Waals surface area contributed by atoms with Crippen LogP contribution in [0.25, 0.3) is 21.8 Å². The molecule has 18 heavy (non-hydrogen) atoms. The summed E-state index contributed by atoms with van der Waals surface area (Å²) in [7, 11) is -2.74. The zero-order valence-electron chi connectivity index (χ0n) is 9.48. The van der Waals surface area contributed by atoms with Gasteiger partial charge in [-0.25, -0.2) is 4.39 Å². The van der Waals surface area contributed by atoms with Gasteiger partial charge >= 0.3 is 0 Å². The fraction of sp³-hybridized carbons (Fsp3) is 0.0769. The van der Waals surface area contributed by atoms with Gasteiger partial charge in [0, 0.05) is 16.5 Å². The third-order valence-electron chi connectivity index (χ3n) is 3.06. The summed E-state index contributed by atoms with van der Waals surface area (Å²) in [6.45, 7) is 0. The first-order valence-corrected chi connectivity index (χ1v) is 6.69. The molecule has 0 N–H and O–H groups in total. The molecule has 2 aromatic rings. The van der Waals surface area contributed by atoms with E-state index in [4.69, 9.17) is 0 Å². The van der Waals surface area contributed by atoms with Crippen LogP contribution in [0.5, 0.6) is 0 Å². The van der Waals surface area contributed by atoms with Gasteiger partial charge in [-0.05, 0) is 17.5 Å². The molecule has 0 saturated heterocycles. The maximum Gasteiger partial charge on any atom is 0.297 e. The minimum absolute atomic E-state index is 0.00991. The molecule has 0 bridgehead atoms. The summed E-state index contributed by atoms with van der Waals surface area (Å²) in [5.74, 6) is -0.434. The number of hydrogen-bond donors (Lipinski definition) is 0. The molecule has 0 aromatic heterocycles. The van der Waals surface area contributed by atoms with Gasteiger partial charge in [0.25, 0.3) is 10.1 Å². The minimum atomic E-state index is -3.83. The zero-order chi connectivity index (χ0) is 12.9. The predicted molar refractivity (Wildman–Crippen MR) is 67.7 cm³/mol. The minimum Gasteiger partial charge on any atom is -0.270 e. The lowest BCUT2D eigenvalue weighted by molar-refractivity contribution is 0.408. The van der Waals surface area contributed by atoms with Crippen molar-refractivity contribution in [1.82, 2.24) is 0 Å². The Morgan fingerprint density at radius 2 is 1.94 bits per heavy atom. The molecule has 5 heteroatoms. The van der Waals surface area contributed by atoms with Crippen LogP contribution in [0.15, 0.2) is 30.3 Å². The van der Waals surface area contributed by atoms with Crippen LogP contribution in [-0.4, -0.2) is 15.5 Å². The van der Waals surface area contributed by atoms with Crippen LogP contribution in [0.1, 0.15) is 11.1 Å². The lowest BCUT2D eigenvalue weighted by atomic mass is 10.0. The number of benzene rings is 2. The molecule has 1 aliphatic rings. The molecule has 1 aliphatic carbocycles. The van der Waals surface area contributed by atoms with E-state index in [2.05, 4.69) is 4.18 Å². The fourth-order valence-electron chi connectivity index (χ4n) is 2.23. The summed E-state index contributed by atoms with van der Waals surface area (Å²) in [5, 5.41) is 1.43. The van der Waals surface area contributed by atoms with Crippen LogP contribution < -0.4 is 0 Å². The standard InChI is InChI=1S/C13H9FO3S/c1-17-18(15,16)12-7-10-11(14)6-5-8-3-2-4-9(12)13(8)10/h2-7H,1H3. The molecule has 0 saturated carbocycles. The normalized spacial score (nSPS) is 14.0. The second-order valence-electron chi connectivity index (χ2n) is 3.99. The zero-order valence-corrected chi connectivity index (χ0v) is 10.3. The highest BCUT2D eigenvalue weighted by molar-refractivity contribution is 7.96. The highest BCUT2D eigenvalue weighted by Crippen LogP contribution is 2.40. The quantitative estimate of drug-likeness (QED) is 0.783. The Balaban J connectivity index is 2.43. The molecule has 0 heterocycles. The molecule has 0 aliphatic heterocycles. The Kier molecular flexibility index (Phi) is 2.30. The molecule has 3 rings (SSSR count). The first kappa shape index (κ1) is 11.4. The van der Waals surface area contributed by atoms with E-state index in [0.29, 0.717) is 16.5 Å². The Hall–Kier alpha value is -1.72. The highest BCUT2D eigenvalue weighted by atomic mass is 32.2. The van der Waals surface area contributed by atoms with Crippen molar-refractivity contribution in [1.29, 1.82) is 0 Å². The van der Waals surface area contributed by atoms with Crippen LogP contribution in [0, 0.1) is 5.82 Å². The molecule has 92 valence electrons. The van der Waals surface area contributed by atoms with Gasteiger partial charge in [0.05, 0.1) is 7.11 Å². The first-order valence-electron chi connectivity index (χ1n) is 5.28. The maximum atomic E-state index is 13.7. The maximum absolute atomic E-state index is 13.7. The summed E-state index contributed by atoms with van der Waals surface area (Å²) >= 11 is 0. The van der Waals surface area contributed by atoms with Gasteiger partial charge in [-0.2, -0.15) is 8.42 Å². The monoisotopic (exact) mass is 264 g/mol. The summed E-state index contributed by atoms with van der Waals surface area (Å²) in [5.41, 5.74) is 0.794. The largest absolute Gasteiger partial charge is 0.297 e. The highest BCUT2D eigenvalue weighted by Gasteiger charge is 2.28. The van der Waals surface area contributed by atoms with E-state index < -0.39 is 15.9 Å². The second kappa shape index (κ2) is 3.63. The van der Waals surface area contributed by atoms with Gasteiger partial charge in [0.2, 0.25) is 0 Å². The van der Waals surface area contributed by atoms with Gasteiger partial charge in [0.1, 0.15) is 10.7 Å². The molecule has 0 spiro atoms. The molecule has 0 unspecified atom stereocenters. The second-order valence-corrected chi connectivity index (χ2v) is 5.68. The molecule has 0 fully saturated rings. The van der Waals surface area contributed by atoms with Crippen LogP contribution in [0.2, 0.25) is 0 Å². The number of hydrogen-bond acceptors (Lipinski definition) is 3. The van der Waals surface area contributed by atoms with Crippen molar-refractivity contribution in [3.63, 3.8) is 0 Å². The molecular weight excluding hydrogens is 255 g/mol. The lowest BCUT2D eigenvalue weighted by Gasteiger charge is -2.05. The molecule has 3 nitrogen and oxygen atoms in total. The van der Waals surface area contributed by atoms with E-state index in [-0.39, 0.29) is 4.91 Å². The van der Waals surface area contributed by atoms with Crippen molar-refractivity contribution in [3.8, 4) is 0 Å². The SMILES string of the molecule is COS(=O)(=O)C1=Cc2c(F)ccc3cccc1c23. The van der Waals surface area contributed by atoms with Gasteiger partial charge in [-0.1, -0.05) is 24.3 Å². The van der Waals surface area contributed by atoms with Crippen LogP contribution in [0.4, 0.5) is 4.39 Å². The average Bonchev–Trinajstić information content (AvgIpc) is 2.76. The smallest absolute Gasteiger partial charge is 0.270 e. The van der Waals surface area contributed by atoms with E-state index in [0.717, 1.165) is 12.5 Å². The van der Waals surface area contributed by atoms with Crippen LogP contribution >= 0.6 is 0 Å². The van der Waals surface area contributed by atoms with Gasteiger partial charge in [-0.3, -0.25) is 4.18 Å². The van der Waals surface area contributed by atoms with Crippen molar-refractivity contribution < 1.29 is 17.0 Å². The Morgan fingerprint density at radius 3 is 2.67 bits per heavy atom.